The lowest BCUT2D eigenvalue weighted by Gasteiger charge is -2.09. The van der Waals surface area contributed by atoms with Crippen molar-refractivity contribution in [3.05, 3.63) is 40.7 Å². The number of hydrogen-bond acceptors (Lipinski definition) is 5. The van der Waals surface area contributed by atoms with Gasteiger partial charge in [0.1, 0.15) is 5.75 Å². The summed E-state index contributed by atoms with van der Waals surface area (Å²) in [5, 5.41) is 6.04. The third-order valence-electron chi connectivity index (χ3n) is 3.03. The number of fused-ring (bicyclic) bond motifs is 1. The van der Waals surface area contributed by atoms with E-state index in [1.54, 1.807) is 7.11 Å². The second-order valence-electron chi connectivity index (χ2n) is 4.22. The molecule has 102 valence electrons. The summed E-state index contributed by atoms with van der Waals surface area (Å²) in [4.78, 5) is 4.29. The molecule has 0 aliphatic rings. The molecule has 0 unspecified atom stereocenters. The Morgan fingerprint density at radius 1 is 1.30 bits per heavy atom. The normalized spacial score (nSPS) is 10.9. The van der Waals surface area contributed by atoms with Gasteiger partial charge in [0, 0.05) is 4.47 Å². The Balaban J connectivity index is 2.30. The van der Waals surface area contributed by atoms with Crippen LogP contribution in [-0.4, -0.2) is 17.3 Å². The number of benzene rings is 2. The maximum atomic E-state index is 5.51. The van der Waals surface area contributed by atoms with Gasteiger partial charge in [-0.15, -0.1) is 0 Å². The summed E-state index contributed by atoms with van der Waals surface area (Å²) in [6.07, 6.45) is 0. The number of rotatable bonds is 3. The van der Waals surface area contributed by atoms with Crippen molar-refractivity contribution in [2.24, 2.45) is 5.73 Å². The highest BCUT2D eigenvalue weighted by Crippen LogP contribution is 2.36. The second kappa shape index (κ2) is 5.22. The molecule has 0 fully saturated rings. The summed E-state index contributed by atoms with van der Waals surface area (Å²) < 4.78 is 11.5. The van der Waals surface area contributed by atoms with Gasteiger partial charge < -0.3 is 15.0 Å². The van der Waals surface area contributed by atoms with E-state index >= 15 is 0 Å². The second-order valence-corrected chi connectivity index (χ2v) is 5.14. The molecule has 20 heavy (non-hydrogen) atoms. The number of methoxy groups -OCH3 is 1. The van der Waals surface area contributed by atoms with E-state index in [4.69, 9.17) is 15.0 Å². The monoisotopic (exact) mass is 333 g/mol. The SMILES string of the molecule is COc1ccc2cc(Br)ccc2c1-c1noc(CN)n1. The number of halogens is 1. The number of aromatic nitrogens is 2. The number of hydrogen-bond donors (Lipinski definition) is 1. The first-order valence-electron chi connectivity index (χ1n) is 6.02. The third-order valence-corrected chi connectivity index (χ3v) is 3.52. The van der Waals surface area contributed by atoms with Crippen molar-refractivity contribution < 1.29 is 9.26 Å². The van der Waals surface area contributed by atoms with Crippen LogP contribution in [0, 0.1) is 0 Å². The summed E-state index contributed by atoms with van der Waals surface area (Å²) in [6, 6.07) is 9.88. The molecule has 1 heterocycles. The lowest BCUT2D eigenvalue weighted by atomic mass is 10.0. The van der Waals surface area contributed by atoms with Crippen molar-refractivity contribution in [1.82, 2.24) is 10.1 Å². The van der Waals surface area contributed by atoms with Crippen LogP contribution < -0.4 is 10.5 Å². The molecule has 0 saturated carbocycles. The first-order valence-corrected chi connectivity index (χ1v) is 6.81. The number of nitrogens with two attached hydrogens (primary N) is 1. The van der Waals surface area contributed by atoms with Crippen LogP contribution in [-0.2, 0) is 6.54 Å². The Labute approximate surface area is 123 Å². The van der Waals surface area contributed by atoms with Crippen molar-refractivity contribution in [3.63, 3.8) is 0 Å². The molecule has 3 rings (SSSR count). The van der Waals surface area contributed by atoms with Crippen LogP contribution in [0.4, 0.5) is 0 Å². The highest BCUT2D eigenvalue weighted by molar-refractivity contribution is 9.10. The molecule has 3 aromatic rings. The van der Waals surface area contributed by atoms with Crippen LogP contribution in [0.2, 0.25) is 0 Å². The molecule has 0 amide bonds. The fourth-order valence-electron chi connectivity index (χ4n) is 2.12. The fourth-order valence-corrected chi connectivity index (χ4v) is 2.50. The van der Waals surface area contributed by atoms with Crippen LogP contribution in [0.3, 0.4) is 0 Å². The Morgan fingerprint density at radius 3 is 2.85 bits per heavy atom. The van der Waals surface area contributed by atoms with Gasteiger partial charge in [0.25, 0.3) is 0 Å². The zero-order chi connectivity index (χ0) is 14.1. The zero-order valence-corrected chi connectivity index (χ0v) is 12.3. The predicted molar refractivity (Wildman–Crippen MR) is 79.4 cm³/mol. The number of ether oxygens (including phenoxy) is 1. The standard InChI is InChI=1S/C14H12BrN3O2/c1-19-11-5-2-8-6-9(15)3-4-10(8)13(11)14-17-12(7-16)20-18-14/h2-6H,7,16H2,1H3. The first kappa shape index (κ1) is 13.1. The predicted octanol–water partition coefficient (Wildman–Crippen LogP) is 3.12. The lowest BCUT2D eigenvalue weighted by molar-refractivity contribution is 0.380. The van der Waals surface area contributed by atoms with Crippen LogP contribution in [0.25, 0.3) is 22.2 Å². The molecule has 0 radical (unpaired) electrons. The van der Waals surface area contributed by atoms with Crippen LogP contribution in [0.15, 0.2) is 39.3 Å². The molecule has 0 aliphatic carbocycles. The van der Waals surface area contributed by atoms with E-state index < -0.39 is 0 Å². The summed E-state index contributed by atoms with van der Waals surface area (Å²) in [5.41, 5.74) is 6.32. The van der Waals surface area contributed by atoms with Gasteiger partial charge in [0.15, 0.2) is 0 Å². The van der Waals surface area contributed by atoms with Crippen LogP contribution in [0.1, 0.15) is 5.89 Å². The molecule has 2 aromatic carbocycles. The minimum absolute atomic E-state index is 0.214. The van der Waals surface area contributed by atoms with E-state index in [0.29, 0.717) is 17.5 Å². The smallest absolute Gasteiger partial charge is 0.240 e. The van der Waals surface area contributed by atoms with Gasteiger partial charge in [-0.05, 0) is 29.0 Å². The van der Waals surface area contributed by atoms with E-state index in [2.05, 4.69) is 26.1 Å². The molecule has 0 spiro atoms. The van der Waals surface area contributed by atoms with Gasteiger partial charge in [0.05, 0.1) is 19.2 Å². The molecule has 0 atom stereocenters. The molecular formula is C14H12BrN3O2. The zero-order valence-electron chi connectivity index (χ0n) is 10.8. The van der Waals surface area contributed by atoms with Crippen LogP contribution >= 0.6 is 15.9 Å². The average Bonchev–Trinajstić information content (AvgIpc) is 2.94. The van der Waals surface area contributed by atoms with Gasteiger partial charge >= 0.3 is 0 Å². The number of nitrogens with zero attached hydrogens (tertiary/aromatic N) is 2. The Kier molecular flexibility index (Phi) is 3.42. The van der Waals surface area contributed by atoms with Crippen LogP contribution in [0.5, 0.6) is 5.75 Å². The van der Waals surface area contributed by atoms with Gasteiger partial charge in [-0.3, -0.25) is 0 Å². The Bertz CT molecular complexity index is 770. The van der Waals surface area contributed by atoms with Crippen molar-refractivity contribution in [2.75, 3.05) is 7.11 Å². The summed E-state index contributed by atoms with van der Waals surface area (Å²) >= 11 is 3.47. The summed E-state index contributed by atoms with van der Waals surface area (Å²) in [5.74, 6) is 1.58. The highest BCUT2D eigenvalue weighted by Gasteiger charge is 2.16. The molecule has 0 bridgehead atoms. The van der Waals surface area contributed by atoms with Gasteiger partial charge in [-0.2, -0.15) is 4.98 Å². The van der Waals surface area contributed by atoms with Crippen molar-refractivity contribution >= 4 is 26.7 Å². The maximum absolute atomic E-state index is 5.51. The first-order chi connectivity index (χ1) is 9.72. The average molecular weight is 334 g/mol. The highest BCUT2D eigenvalue weighted by atomic mass is 79.9. The molecule has 5 nitrogen and oxygen atoms in total. The largest absolute Gasteiger partial charge is 0.496 e. The van der Waals surface area contributed by atoms with E-state index in [-0.39, 0.29) is 6.54 Å². The molecule has 2 N–H and O–H groups in total. The van der Waals surface area contributed by atoms with Crippen molar-refractivity contribution in [2.45, 2.75) is 6.54 Å². The molecule has 0 aliphatic heterocycles. The molecular weight excluding hydrogens is 322 g/mol. The topological polar surface area (TPSA) is 74.2 Å². The van der Waals surface area contributed by atoms with Gasteiger partial charge in [-0.25, -0.2) is 0 Å². The Hall–Kier alpha value is -1.92. The van der Waals surface area contributed by atoms with Gasteiger partial charge in [0.2, 0.25) is 11.7 Å². The third kappa shape index (κ3) is 2.17. The lowest BCUT2D eigenvalue weighted by Crippen LogP contribution is -1.96. The summed E-state index contributed by atoms with van der Waals surface area (Å²) in [6.45, 7) is 0.214. The van der Waals surface area contributed by atoms with E-state index in [0.717, 1.165) is 20.8 Å². The minimum Gasteiger partial charge on any atom is -0.496 e. The van der Waals surface area contributed by atoms with Crippen molar-refractivity contribution in [3.8, 4) is 17.1 Å². The molecule has 6 heteroatoms. The van der Waals surface area contributed by atoms with E-state index in [9.17, 15) is 0 Å². The fraction of sp³-hybridized carbons (Fsp3) is 0.143. The minimum atomic E-state index is 0.214. The molecule has 1 aromatic heterocycles. The molecule has 0 saturated heterocycles. The van der Waals surface area contributed by atoms with E-state index in [1.807, 2.05) is 30.3 Å². The van der Waals surface area contributed by atoms with Gasteiger partial charge in [-0.1, -0.05) is 33.2 Å². The van der Waals surface area contributed by atoms with E-state index in [1.165, 1.54) is 0 Å². The Morgan fingerprint density at radius 2 is 2.15 bits per heavy atom. The summed E-state index contributed by atoms with van der Waals surface area (Å²) in [7, 11) is 1.62. The van der Waals surface area contributed by atoms with Crippen molar-refractivity contribution in [1.29, 1.82) is 0 Å². The quantitative estimate of drug-likeness (QED) is 0.797. The maximum Gasteiger partial charge on any atom is 0.240 e.